The van der Waals surface area contributed by atoms with Gasteiger partial charge in [-0.2, -0.15) is 0 Å². The number of fused-ring (bicyclic) bond motifs is 6. The van der Waals surface area contributed by atoms with Gasteiger partial charge < -0.3 is 9.64 Å². The predicted octanol–water partition coefficient (Wildman–Crippen LogP) is 3.78. The molecule has 186 valence electrons. The molecule has 40 heavy (non-hydrogen) atoms. The van der Waals surface area contributed by atoms with Gasteiger partial charge in [0.25, 0.3) is 6.71 Å². The summed E-state index contributed by atoms with van der Waals surface area (Å²) < 4.78 is 6.53. The van der Waals surface area contributed by atoms with E-state index in [1.165, 1.54) is 54.2 Å². The predicted molar refractivity (Wildman–Crippen MR) is 169 cm³/mol. The molecule has 0 radical (unpaired) electrons. The molecule has 6 aromatic rings. The Hall–Kier alpha value is -4.80. The molecule has 0 N–H and O–H groups in total. The molecule has 0 aliphatic carbocycles. The molecule has 0 saturated carbocycles. The lowest BCUT2D eigenvalue weighted by Gasteiger charge is -2.49. The Morgan fingerprint density at radius 3 is 1.85 bits per heavy atom. The van der Waals surface area contributed by atoms with E-state index in [9.17, 15) is 0 Å². The lowest BCUT2D eigenvalue weighted by Crippen LogP contribution is -2.78. The lowest BCUT2D eigenvalue weighted by molar-refractivity contribution is 0.487. The molecule has 4 heteroatoms. The standard InChI is InChI=1S/C36H24BNOSi/c1-3-13-25(14-4-1)40(26-15-5-2-6-16-26)33-23-10-8-19-29(33)38-30-20-12-22-32-35(30)37(27-17-7-9-21-31(27)39-32)28-18-11-24-34(40)36(28)38/h1-24H. The van der Waals surface area contributed by atoms with Crippen LogP contribution >= 0.6 is 0 Å². The fourth-order valence-corrected chi connectivity index (χ4v) is 12.7. The van der Waals surface area contributed by atoms with Crippen LogP contribution < -0.4 is 46.8 Å². The zero-order chi connectivity index (χ0) is 26.3. The van der Waals surface area contributed by atoms with Crippen molar-refractivity contribution in [2.45, 2.75) is 0 Å². The van der Waals surface area contributed by atoms with Gasteiger partial charge in [-0.25, -0.2) is 0 Å². The summed E-state index contributed by atoms with van der Waals surface area (Å²) in [6, 6.07) is 53.7. The van der Waals surface area contributed by atoms with E-state index in [1.54, 1.807) is 0 Å². The van der Waals surface area contributed by atoms with Crippen molar-refractivity contribution in [3.63, 3.8) is 0 Å². The number of ether oxygens (including phenoxy) is 1. The van der Waals surface area contributed by atoms with Crippen molar-refractivity contribution in [2.24, 2.45) is 0 Å². The fraction of sp³-hybridized carbons (Fsp3) is 0. The Bertz CT molecular complexity index is 1920. The van der Waals surface area contributed by atoms with Gasteiger partial charge in [0.15, 0.2) is 8.07 Å². The summed E-state index contributed by atoms with van der Waals surface area (Å²) >= 11 is 0. The van der Waals surface area contributed by atoms with Crippen LogP contribution in [0.2, 0.25) is 0 Å². The van der Waals surface area contributed by atoms with E-state index < -0.39 is 8.07 Å². The monoisotopic (exact) mass is 525 g/mol. The Labute approximate surface area is 235 Å². The summed E-state index contributed by atoms with van der Waals surface area (Å²) in [5.74, 6) is 1.91. The molecule has 3 heterocycles. The molecule has 0 bridgehead atoms. The second kappa shape index (κ2) is 8.11. The van der Waals surface area contributed by atoms with Crippen molar-refractivity contribution in [1.29, 1.82) is 0 Å². The number of anilines is 3. The van der Waals surface area contributed by atoms with E-state index in [0.717, 1.165) is 11.5 Å². The van der Waals surface area contributed by atoms with E-state index in [2.05, 4.69) is 150 Å². The van der Waals surface area contributed by atoms with Crippen molar-refractivity contribution in [2.75, 3.05) is 4.90 Å². The third-order valence-electron chi connectivity index (χ3n) is 8.99. The van der Waals surface area contributed by atoms with Crippen LogP contribution in [0.4, 0.5) is 17.1 Å². The zero-order valence-electron chi connectivity index (χ0n) is 21.8. The minimum absolute atomic E-state index is 0.117. The van der Waals surface area contributed by atoms with Gasteiger partial charge in [0.1, 0.15) is 11.5 Å². The van der Waals surface area contributed by atoms with Crippen molar-refractivity contribution >= 4 is 69.0 Å². The van der Waals surface area contributed by atoms with Crippen LogP contribution in [0.15, 0.2) is 146 Å². The van der Waals surface area contributed by atoms with Crippen LogP contribution in [0.1, 0.15) is 0 Å². The van der Waals surface area contributed by atoms with E-state index in [4.69, 9.17) is 4.74 Å². The normalized spacial score (nSPS) is 14.8. The second-order valence-corrected chi connectivity index (χ2v) is 14.6. The number of hydrogen-bond donors (Lipinski definition) is 0. The molecule has 6 aromatic carbocycles. The summed E-state index contributed by atoms with van der Waals surface area (Å²) in [5.41, 5.74) is 7.68. The smallest absolute Gasteiger partial charge is 0.256 e. The Kier molecular flexibility index (Phi) is 4.47. The summed E-state index contributed by atoms with van der Waals surface area (Å²) in [6.45, 7) is 0.117. The van der Waals surface area contributed by atoms with Crippen molar-refractivity contribution < 1.29 is 4.74 Å². The highest BCUT2D eigenvalue weighted by atomic mass is 28.3. The minimum atomic E-state index is -2.66. The van der Waals surface area contributed by atoms with Crippen LogP contribution in [0.25, 0.3) is 0 Å². The van der Waals surface area contributed by atoms with E-state index >= 15 is 0 Å². The van der Waals surface area contributed by atoms with Crippen molar-refractivity contribution in [3.05, 3.63) is 146 Å². The maximum Gasteiger partial charge on any atom is 0.256 e. The third-order valence-corrected chi connectivity index (χ3v) is 13.8. The third kappa shape index (κ3) is 2.69. The second-order valence-electron chi connectivity index (χ2n) is 10.8. The van der Waals surface area contributed by atoms with Gasteiger partial charge in [-0.1, -0.05) is 121 Å². The van der Waals surface area contributed by atoms with Gasteiger partial charge in [-0.05, 0) is 61.4 Å². The molecule has 0 spiro atoms. The lowest BCUT2D eigenvalue weighted by atomic mass is 9.34. The van der Waals surface area contributed by atoms with Crippen LogP contribution in [0.3, 0.4) is 0 Å². The molecule has 3 aliphatic rings. The van der Waals surface area contributed by atoms with Gasteiger partial charge in [0.05, 0.1) is 0 Å². The zero-order valence-corrected chi connectivity index (χ0v) is 22.8. The van der Waals surface area contributed by atoms with Gasteiger partial charge in [0.2, 0.25) is 0 Å². The number of hydrogen-bond acceptors (Lipinski definition) is 2. The molecule has 3 aliphatic heterocycles. The number of benzene rings is 6. The summed E-state index contributed by atoms with van der Waals surface area (Å²) in [6.07, 6.45) is 0. The Morgan fingerprint density at radius 1 is 0.475 bits per heavy atom. The minimum Gasteiger partial charge on any atom is -0.458 e. The molecular formula is C36H24BNOSi. The topological polar surface area (TPSA) is 12.5 Å². The average Bonchev–Trinajstić information content (AvgIpc) is 3.03. The van der Waals surface area contributed by atoms with Crippen LogP contribution in [0, 0.1) is 0 Å². The Morgan fingerprint density at radius 2 is 1.05 bits per heavy atom. The van der Waals surface area contributed by atoms with E-state index in [1.807, 2.05) is 0 Å². The largest absolute Gasteiger partial charge is 0.458 e. The SMILES string of the molecule is c1ccc([Si]2(c3ccccc3)c3ccccc3N3c4cccc5c4B(c4ccccc4O5)c4cccc2c43)cc1. The van der Waals surface area contributed by atoms with E-state index in [-0.39, 0.29) is 6.71 Å². The van der Waals surface area contributed by atoms with Crippen LogP contribution in [0.5, 0.6) is 11.5 Å². The number of nitrogens with zero attached hydrogens (tertiary/aromatic N) is 1. The van der Waals surface area contributed by atoms with Crippen molar-refractivity contribution in [1.82, 2.24) is 0 Å². The van der Waals surface area contributed by atoms with Gasteiger partial charge in [0, 0.05) is 17.1 Å². The summed E-state index contributed by atoms with van der Waals surface area (Å²) in [5, 5.41) is 5.69. The molecule has 0 aromatic heterocycles. The first kappa shape index (κ1) is 22.1. The number of para-hydroxylation sites is 3. The van der Waals surface area contributed by atoms with Gasteiger partial charge in [-0.3, -0.25) is 0 Å². The summed E-state index contributed by atoms with van der Waals surface area (Å²) in [4.78, 5) is 2.53. The Balaban J connectivity index is 1.47. The number of rotatable bonds is 2. The first-order valence-corrected chi connectivity index (χ1v) is 15.9. The highest BCUT2D eigenvalue weighted by molar-refractivity contribution is 7.22. The molecule has 0 amide bonds. The molecule has 9 rings (SSSR count). The maximum atomic E-state index is 6.53. The average molecular weight is 525 g/mol. The van der Waals surface area contributed by atoms with E-state index in [0.29, 0.717) is 0 Å². The molecule has 0 atom stereocenters. The molecule has 2 nitrogen and oxygen atoms in total. The molecule has 0 saturated heterocycles. The fourth-order valence-electron chi connectivity index (χ4n) is 7.53. The van der Waals surface area contributed by atoms with Gasteiger partial charge in [-0.15, -0.1) is 0 Å². The molecule has 0 fully saturated rings. The van der Waals surface area contributed by atoms with Crippen LogP contribution in [-0.2, 0) is 0 Å². The highest BCUT2D eigenvalue weighted by Crippen LogP contribution is 2.42. The first-order valence-electron chi connectivity index (χ1n) is 13.9. The highest BCUT2D eigenvalue weighted by Gasteiger charge is 2.52. The molecular weight excluding hydrogens is 501 g/mol. The van der Waals surface area contributed by atoms with Gasteiger partial charge >= 0.3 is 0 Å². The quantitative estimate of drug-likeness (QED) is 0.319. The van der Waals surface area contributed by atoms with Crippen molar-refractivity contribution in [3.8, 4) is 11.5 Å². The molecule has 0 unspecified atom stereocenters. The summed E-state index contributed by atoms with van der Waals surface area (Å²) in [7, 11) is -2.66. The first-order chi connectivity index (χ1) is 19.9. The maximum absolute atomic E-state index is 6.53. The van der Waals surface area contributed by atoms with Crippen LogP contribution in [-0.4, -0.2) is 14.8 Å².